The van der Waals surface area contributed by atoms with Crippen LogP contribution in [0.15, 0.2) is 22.7 Å². The molecular formula is C11H14BrFN2. The number of benzene rings is 1. The minimum Gasteiger partial charge on any atom is -0.382 e. The van der Waals surface area contributed by atoms with Gasteiger partial charge in [-0.1, -0.05) is 0 Å². The van der Waals surface area contributed by atoms with Crippen LogP contribution in [-0.2, 0) is 0 Å². The second-order valence-corrected chi connectivity index (χ2v) is 4.65. The molecule has 1 aliphatic rings. The molecule has 0 unspecified atom stereocenters. The van der Waals surface area contributed by atoms with Gasteiger partial charge in [0.1, 0.15) is 5.82 Å². The van der Waals surface area contributed by atoms with Crippen LogP contribution >= 0.6 is 15.9 Å². The van der Waals surface area contributed by atoms with Crippen molar-refractivity contribution in [2.45, 2.75) is 18.9 Å². The average Bonchev–Trinajstić information content (AvgIpc) is 2.25. The molecule has 0 atom stereocenters. The minimum absolute atomic E-state index is 0.214. The SMILES string of the molecule is Fc1cc(NC2CCNCC2)ccc1Br. The van der Waals surface area contributed by atoms with Crippen LogP contribution in [0.4, 0.5) is 10.1 Å². The number of rotatable bonds is 2. The molecule has 1 aromatic rings. The van der Waals surface area contributed by atoms with Gasteiger partial charge in [0.2, 0.25) is 0 Å². The van der Waals surface area contributed by atoms with Crippen molar-refractivity contribution in [2.24, 2.45) is 0 Å². The largest absolute Gasteiger partial charge is 0.382 e. The second kappa shape index (κ2) is 4.94. The molecule has 0 bridgehead atoms. The Hall–Kier alpha value is -0.610. The fourth-order valence-corrected chi connectivity index (χ4v) is 2.03. The minimum atomic E-state index is -0.214. The number of anilines is 1. The molecular weight excluding hydrogens is 259 g/mol. The van der Waals surface area contributed by atoms with Crippen LogP contribution in [0.5, 0.6) is 0 Å². The zero-order valence-electron chi connectivity index (χ0n) is 8.39. The molecule has 0 amide bonds. The molecule has 0 saturated carbocycles. The highest BCUT2D eigenvalue weighted by Crippen LogP contribution is 2.21. The van der Waals surface area contributed by atoms with Gasteiger partial charge >= 0.3 is 0 Å². The molecule has 15 heavy (non-hydrogen) atoms. The van der Waals surface area contributed by atoms with E-state index in [1.165, 1.54) is 6.07 Å². The van der Waals surface area contributed by atoms with Crippen LogP contribution < -0.4 is 10.6 Å². The summed E-state index contributed by atoms with van der Waals surface area (Å²) in [4.78, 5) is 0. The second-order valence-electron chi connectivity index (χ2n) is 3.80. The van der Waals surface area contributed by atoms with E-state index in [0.717, 1.165) is 31.6 Å². The highest BCUT2D eigenvalue weighted by atomic mass is 79.9. The van der Waals surface area contributed by atoms with Crippen LogP contribution in [0.2, 0.25) is 0 Å². The van der Waals surface area contributed by atoms with Gasteiger partial charge in [-0.25, -0.2) is 4.39 Å². The van der Waals surface area contributed by atoms with Crippen molar-refractivity contribution in [1.29, 1.82) is 0 Å². The van der Waals surface area contributed by atoms with Crippen molar-refractivity contribution < 1.29 is 4.39 Å². The molecule has 2 N–H and O–H groups in total. The summed E-state index contributed by atoms with van der Waals surface area (Å²) in [6, 6.07) is 5.63. The molecule has 4 heteroatoms. The zero-order chi connectivity index (χ0) is 10.7. The third kappa shape index (κ3) is 2.92. The van der Waals surface area contributed by atoms with Gasteiger partial charge in [-0.2, -0.15) is 0 Å². The Labute approximate surface area is 97.4 Å². The van der Waals surface area contributed by atoms with E-state index in [0.29, 0.717) is 10.5 Å². The number of hydrogen-bond acceptors (Lipinski definition) is 2. The van der Waals surface area contributed by atoms with Gasteiger partial charge in [-0.05, 0) is 60.1 Å². The predicted octanol–water partition coefficient (Wildman–Crippen LogP) is 2.75. The van der Waals surface area contributed by atoms with Crippen molar-refractivity contribution >= 4 is 21.6 Å². The van der Waals surface area contributed by atoms with Crippen LogP contribution in [0.1, 0.15) is 12.8 Å². The molecule has 2 rings (SSSR count). The van der Waals surface area contributed by atoms with Gasteiger partial charge in [0, 0.05) is 11.7 Å². The van der Waals surface area contributed by atoms with E-state index in [1.54, 1.807) is 6.07 Å². The van der Waals surface area contributed by atoms with E-state index < -0.39 is 0 Å². The van der Waals surface area contributed by atoms with E-state index in [1.807, 2.05) is 6.07 Å². The van der Waals surface area contributed by atoms with Crippen molar-refractivity contribution in [3.05, 3.63) is 28.5 Å². The van der Waals surface area contributed by atoms with E-state index in [4.69, 9.17) is 0 Å². The third-order valence-corrected chi connectivity index (χ3v) is 3.27. The van der Waals surface area contributed by atoms with Crippen molar-refractivity contribution in [1.82, 2.24) is 5.32 Å². The first kappa shape index (κ1) is 10.9. The Morgan fingerprint density at radius 2 is 2.07 bits per heavy atom. The summed E-state index contributed by atoms with van der Waals surface area (Å²) in [5, 5.41) is 6.65. The molecule has 0 spiro atoms. The average molecular weight is 273 g/mol. The fourth-order valence-electron chi connectivity index (χ4n) is 1.79. The van der Waals surface area contributed by atoms with E-state index in [-0.39, 0.29) is 5.82 Å². The van der Waals surface area contributed by atoms with Crippen LogP contribution in [0.25, 0.3) is 0 Å². The number of piperidine rings is 1. The summed E-state index contributed by atoms with van der Waals surface area (Å²) in [7, 11) is 0. The summed E-state index contributed by atoms with van der Waals surface area (Å²) in [5.74, 6) is -0.214. The first-order valence-electron chi connectivity index (χ1n) is 5.18. The molecule has 2 nitrogen and oxygen atoms in total. The lowest BCUT2D eigenvalue weighted by molar-refractivity contribution is 0.479. The molecule has 1 aliphatic heterocycles. The normalized spacial score (nSPS) is 17.7. The Morgan fingerprint density at radius 3 is 2.73 bits per heavy atom. The standard InChI is InChI=1S/C11H14BrFN2/c12-10-2-1-9(7-11(10)13)15-8-3-5-14-6-4-8/h1-2,7-8,14-15H,3-6H2. The maximum atomic E-state index is 13.2. The summed E-state index contributed by atoms with van der Waals surface area (Å²) in [5.41, 5.74) is 0.864. The van der Waals surface area contributed by atoms with Crippen molar-refractivity contribution in [3.8, 4) is 0 Å². The van der Waals surface area contributed by atoms with E-state index >= 15 is 0 Å². The first-order chi connectivity index (χ1) is 7.25. The number of halogens is 2. The molecule has 82 valence electrons. The lowest BCUT2D eigenvalue weighted by Crippen LogP contribution is -2.35. The smallest absolute Gasteiger partial charge is 0.139 e. The van der Waals surface area contributed by atoms with Crippen LogP contribution in [0.3, 0.4) is 0 Å². The van der Waals surface area contributed by atoms with Crippen LogP contribution in [0, 0.1) is 5.82 Å². The van der Waals surface area contributed by atoms with Crippen LogP contribution in [-0.4, -0.2) is 19.1 Å². The third-order valence-electron chi connectivity index (χ3n) is 2.63. The quantitative estimate of drug-likeness (QED) is 0.865. The Bertz CT molecular complexity index is 337. The molecule has 0 aliphatic carbocycles. The summed E-state index contributed by atoms with van der Waals surface area (Å²) in [6.45, 7) is 2.08. The van der Waals surface area contributed by atoms with Gasteiger partial charge in [0.25, 0.3) is 0 Å². The van der Waals surface area contributed by atoms with Crippen molar-refractivity contribution in [3.63, 3.8) is 0 Å². The van der Waals surface area contributed by atoms with Gasteiger partial charge in [0.05, 0.1) is 4.47 Å². The summed E-state index contributed by atoms with van der Waals surface area (Å²) >= 11 is 3.14. The maximum Gasteiger partial charge on any atom is 0.139 e. The molecule has 1 aromatic carbocycles. The lowest BCUT2D eigenvalue weighted by atomic mass is 10.1. The first-order valence-corrected chi connectivity index (χ1v) is 5.97. The van der Waals surface area contributed by atoms with Gasteiger partial charge in [-0.15, -0.1) is 0 Å². The molecule has 0 aromatic heterocycles. The summed E-state index contributed by atoms with van der Waals surface area (Å²) in [6.07, 6.45) is 2.19. The number of nitrogens with one attached hydrogen (secondary N) is 2. The number of hydrogen-bond donors (Lipinski definition) is 2. The topological polar surface area (TPSA) is 24.1 Å². The van der Waals surface area contributed by atoms with Gasteiger partial charge in [0.15, 0.2) is 0 Å². The monoisotopic (exact) mass is 272 g/mol. The Kier molecular flexibility index (Phi) is 3.59. The predicted molar refractivity (Wildman–Crippen MR) is 63.6 cm³/mol. The lowest BCUT2D eigenvalue weighted by Gasteiger charge is -2.24. The molecule has 1 fully saturated rings. The zero-order valence-corrected chi connectivity index (χ0v) is 9.98. The maximum absolute atomic E-state index is 13.2. The van der Waals surface area contributed by atoms with E-state index in [2.05, 4.69) is 26.6 Å². The Morgan fingerprint density at radius 1 is 1.33 bits per heavy atom. The molecule has 1 saturated heterocycles. The van der Waals surface area contributed by atoms with Gasteiger partial charge < -0.3 is 10.6 Å². The Balaban J connectivity index is 2.00. The highest BCUT2D eigenvalue weighted by molar-refractivity contribution is 9.10. The fraction of sp³-hybridized carbons (Fsp3) is 0.455. The van der Waals surface area contributed by atoms with Crippen molar-refractivity contribution in [2.75, 3.05) is 18.4 Å². The molecule has 0 radical (unpaired) electrons. The summed E-state index contributed by atoms with van der Waals surface area (Å²) < 4.78 is 13.7. The molecule has 1 heterocycles. The van der Waals surface area contributed by atoms with Gasteiger partial charge in [-0.3, -0.25) is 0 Å². The van der Waals surface area contributed by atoms with E-state index in [9.17, 15) is 4.39 Å². The highest BCUT2D eigenvalue weighted by Gasteiger charge is 2.12.